The Labute approximate surface area is 172 Å². The Hall–Kier alpha value is -1.36. The van der Waals surface area contributed by atoms with Crippen molar-refractivity contribution in [3.05, 3.63) is 34.3 Å². The van der Waals surface area contributed by atoms with Gasteiger partial charge in [-0.2, -0.15) is 0 Å². The molecule has 1 unspecified atom stereocenters. The first-order valence-corrected chi connectivity index (χ1v) is 10.9. The first-order valence-electron chi connectivity index (χ1n) is 10.1. The predicted octanol–water partition coefficient (Wildman–Crippen LogP) is 5.71. The smallest absolute Gasteiger partial charge is 0.320 e. The van der Waals surface area contributed by atoms with Gasteiger partial charge in [-0.1, -0.05) is 67.1 Å². The molecule has 0 radical (unpaired) electrons. The zero-order valence-corrected chi connectivity index (χ0v) is 18.4. The molecule has 1 atom stereocenters. The van der Waals surface area contributed by atoms with Gasteiger partial charge >= 0.3 is 11.9 Å². The Morgan fingerprint density at radius 3 is 2.04 bits per heavy atom. The normalized spacial score (nSPS) is 12.0. The van der Waals surface area contributed by atoms with Gasteiger partial charge in [0.15, 0.2) is 5.92 Å². The van der Waals surface area contributed by atoms with E-state index in [1.54, 1.807) is 13.8 Å². The zero-order valence-electron chi connectivity index (χ0n) is 16.8. The summed E-state index contributed by atoms with van der Waals surface area (Å²) < 4.78 is 11.3. The quantitative estimate of drug-likeness (QED) is 0.224. The van der Waals surface area contributed by atoms with Crippen molar-refractivity contribution in [2.45, 2.75) is 65.7 Å². The van der Waals surface area contributed by atoms with Gasteiger partial charge in [-0.25, -0.2) is 0 Å². The van der Waals surface area contributed by atoms with E-state index in [0.717, 1.165) is 23.7 Å². The molecule has 0 fully saturated rings. The van der Waals surface area contributed by atoms with E-state index in [2.05, 4.69) is 35.0 Å². The highest BCUT2D eigenvalue weighted by Gasteiger charge is 2.32. The third-order valence-electron chi connectivity index (χ3n) is 4.61. The van der Waals surface area contributed by atoms with E-state index in [4.69, 9.17) is 9.47 Å². The Morgan fingerprint density at radius 1 is 0.926 bits per heavy atom. The van der Waals surface area contributed by atoms with E-state index in [-0.39, 0.29) is 19.1 Å². The van der Waals surface area contributed by atoms with Gasteiger partial charge in [0.05, 0.1) is 13.2 Å². The fourth-order valence-electron chi connectivity index (χ4n) is 3.22. The summed E-state index contributed by atoms with van der Waals surface area (Å²) in [5, 5.41) is 0. The first-order chi connectivity index (χ1) is 13.0. The van der Waals surface area contributed by atoms with Crippen LogP contribution in [0.5, 0.6) is 0 Å². The van der Waals surface area contributed by atoms with Crippen LogP contribution in [0.25, 0.3) is 0 Å². The van der Waals surface area contributed by atoms with Gasteiger partial charge < -0.3 is 9.47 Å². The van der Waals surface area contributed by atoms with E-state index in [1.807, 2.05) is 12.1 Å². The Balaban J connectivity index is 2.86. The van der Waals surface area contributed by atoms with Crippen LogP contribution in [0.4, 0.5) is 0 Å². The fraction of sp³-hybridized carbons (Fsp3) is 0.636. The summed E-state index contributed by atoms with van der Waals surface area (Å²) in [6.45, 7) is 6.23. The minimum Gasteiger partial charge on any atom is -0.465 e. The average molecular weight is 441 g/mol. The highest BCUT2D eigenvalue weighted by Crippen LogP contribution is 2.26. The van der Waals surface area contributed by atoms with Crippen LogP contribution in [0.3, 0.4) is 0 Å². The monoisotopic (exact) mass is 440 g/mol. The van der Waals surface area contributed by atoms with Gasteiger partial charge in [0.2, 0.25) is 0 Å². The topological polar surface area (TPSA) is 52.6 Å². The summed E-state index contributed by atoms with van der Waals surface area (Å²) in [4.78, 5) is 24.7. The van der Waals surface area contributed by atoms with E-state index < -0.39 is 17.9 Å². The Kier molecular flexibility index (Phi) is 12.1. The lowest BCUT2D eigenvalue weighted by Gasteiger charge is -2.22. The maximum Gasteiger partial charge on any atom is 0.320 e. The predicted molar refractivity (Wildman–Crippen MR) is 111 cm³/mol. The highest BCUT2D eigenvalue weighted by molar-refractivity contribution is 9.10. The van der Waals surface area contributed by atoms with E-state index >= 15 is 0 Å². The van der Waals surface area contributed by atoms with Gasteiger partial charge in [0, 0.05) is 4.47 Å². The van der Waals surface area contributed by atoms with Crippen LogP contribution in [0, 0.1) is 11.8 Å². The molecule has 0 spiro atoms. The van der Waals surface area contributed by atoms with Crippen LogP contribution in [-0.2, 0) is 25.5 Å². The maximum absolute atomic E-state index is 12.3. The number of esters is 2. The lowest BCUT2D eigenvalue weighted by Crippen LogP contribution is -2.30. The number of ether oxygens (including phenoxy) is 2. The van der Waals surface area contributed by atoms with Crippen molar-refractivity contribution in [2.24, 2.45) is 11.8 Å². The number of carbonyl (C=O) groups excluding carboxylic acids is 2. The molecular weight excluding hydrogens is 408 g/mol. The molecular formula is C22H33BrO4. The molecule has 0 aliphatic rings. The van der Waals surface area contributed by atoms with Gasteiger partial charge in [-0.3, -0.25) is 9.59 Å². The van der Waals surface area contributed by atoms with E-state index in [0.29, 0.717) is 6.42 Å². The van der Waals surface area contributed by atoms with Crippen LogP contribution in [0.2, 0.25) is 0 Å². The van der Waals surface area contributed by atoms with Gasteiger partial charge in [0.25, 0.3) is 0 Å². The summed E-state index contributed by atoms with van der Waals surface area (Å²) in [5.74, 6) is -1.53. The Morgan fingerprint density at radius 2 is 1.52 bits per heavy atom. The number of rotatable bonds is 13. The molecule has 0 aliphatic heterocycles. The van der Waals surface area contributed by atoms with Crippen molar-refractivity contribution >= 4 is 27.9 Å². The lowest BCUT2D eigenvalue weighted by molar-refractivity contribution is -0.162. The second kappa shape index (κ2) is 13.8. The van der Waals surface area contributed by atoms with Crippen molar-refractivity contribution in [2.75, 3.05) is 13.2 Å². The second-order valence-electron chi connectivity index (χ2n) is 6.84. The summed E-state index contributed by atoms with van der Waals surface area (Å²) in [6, 6.07) is 8.23. The van der Waals surface area contributed by atoms with Crippen molar-refractivity contribution in [1.82, 2.24) is 0 Å². The molecule has 152 valence electrons. The molecule has 0 heterocycles. The number of hydrogen-bond acceptors (Lipinski definition) is 4. The molecule has 1 rings (SSSR count). The first kappa shape index (κ1) is 23.7. The third kappa shape index (κ3) is 9.41. The summed E-state index contributed by atoms with van der Waals surface area (Å²) >= 11 is 3.46. The third-order valence-corrected chi connectivity index (χ3v) is 5.14. The van der Waals surface area contributed by atoms with Crippen molar-refractivity contribution in [3.8, 4) is 0 Å². The van der Waals surface area contributed by atoms with Crippen molar-refractivity contribution in [1.29, 1.82) is 0 Å². The molecule has 5 heteroatoms. The average Bonchev–Trinajstić information content (AvgIpc) is 2.65. The van der Waals surface area contributed by atoms with Crippen LogP contribution in [0.15, 0.2) is 28.7 Å². The second-order valence-corrected chi connectivity index (χ2v) is 7.75. The maximum atomic E-state index is 12.3. The van der Waals surface area contributed by atoms with Crippen LogP contribution in [0.1, 0.15) is 64.9 Å². The van der Waals surface area contributed by atoms with Crippen molar-refractivity contribution < 1.29 is 19.1 Å². The molecule has 0 bridgehead atoms. The lowest BCUT2D eigenvalue weighted by atomic mass is 9.85. The number of carbonyl (C=O) groups is 2. The molecule has 1 aromatic rings. The minimum atomic E-state index is -0.837. The molecule has 4 nitrogen and oxygen atoms in total. The summed E-state index contributed by atoms with van der Waals surface area (Å²) in [7, 11) is 0. The molecule has 0 aromatic heterocycles. The Bertz CT molecular complexity index is 538. The van der Waals surface area contributed by atoms with E-state index in [9.17, 15) is 9.59 Å². The van der Waals surface area contributed by atoms with Gasteiger partial charge in [-0.05, 0) is 50.3 Å². The molecule has 0 saturated heterocycles. The number of halogens is 1. The van der Waals surface area contributed by atoms with Gasteiger partial charge in [-0.15, -0.1) is 0 Å². The largest absolute Gasteiger partial charge is 0.465 e. The number of unbranched alkanes of at least 4 members (excludes halogenated alkanes) is 3. The molecule has 27 heavy (non-hydrogen) atoms. The number of hydrogen-bond donors (Lipinski definition) is 0. The van der Waals surface area contributed by atoms with Crippen LogP contribution < -0.4 is 0 Å². The molecule has 1 aromatic carbocycles. The van der Waals surface area contributed by atoms with Crippen LogP contribution >= 0.6 is 15.9 Å². The zero-order chi connectivity index (χ0) is 20.1. The molecule has 0 N–H and O–H groups in total. The highest BCUT2D eigenvalue weighted by atomic mass is 79.9. The summed E-state index contributed by atoms with van der Waals surface area (Å²) in [6.07, 6.45) is 6.99. The molecule has 0 aliphatic carbocycles. The number of benzene rings is 1. The van der Waals surface area contributed by atoms with E-state index in [1.165, 1.54) is 24.8 Å². The standard InChI is InChI=1S/C22H33BrO4/c1-4-7-8-9-10-18(15-17-11-13-19(23)14-12-17)16-20(21(24)26-5-2)22(25)27-6-3/h11-14,18,20H,4-10,15-16H2,1-3H3. The summed E-state index contributed by atoms with van der Waals surface area (Å²) in [5.41, 5.74) is 1.21. The SMILES string of the molecule is CCCCCCC(Cc1ccc(Br)cc1)CC(C(=O)OCC)C(=O)OCC. The fourth-order valence-corrected chi connectivity index (χ4v) is 3.49. The van der Waals surface area contributed by atoms with Crippen LogP contribution in [-0.4, -0.2) is 25.2 Å². The minimum absolute atomic E-state index is 0.238. The van der Waals surface area contributed by atoms with Gasteiger partial charge in [0.1, 0.15) is 0 Å². The molecule has 0 saturated carbocycles. The van der Waals surface area contributed by atoms with Crippen molar-refractivity contribution in [3.63, 3.8) is 0 Å². The molecule has 0 amide bonds.